The lowest BCUT2D eigenvalue weighted by Gasteiger charge is -2.20. The molecule has 1 aromatic heterocycles. The van der Waals surface area contributed by atoms with Crippen LogP contribution in [0, 0.1) is 11.8 Å². The molecule has 114 valence electrons. The highest BCUT2D eigenvalue weighted by Gasteiger charge is 2.36. The van der Waals surface area contributed by atoms with E-state index in [1.807, 2.05) is 0 Å². The van der Waals surface area contributed by atoms with E-state index in [0.29, 0.717) is 0 Å². The molecule has 0 spiro atoms. The lowest BCUT2D eigenvalue weighted by atomic mass is 9.92. The number of rotatable bonds is 1. The number of hydrogen-bond acceptors (Lipinski definition) is 4. The Bertz CT molecular complexity index is 418. The Morgan fingerprint density at radius 2 is 1.65 bits per heavy atom. The maximum absolute atomic E-state index is 4.41. The maximum atomic E-state index is 4.41. The second kappa shape index (κ2) is 6.46. The van der Waals surface area contributed by atoms with Crippen LogP contribution in [-0.2, 0) is 5.41 Å². The minimum Gasteiger partial charge on any atom is -0.354 e. The fourth-order valence-electron chi connectivity index (χ4n) is 2.94. The first-order chi connectivity index (χ1) is 8.54. The van der Waals surface area contributed by atoms with Crippen LogP contribution in [0.1, 0.15) is 26.5 Å². The molecule has 0 bridgehead atoms. The van der Waals surface area contributed by atoms with E-state index in [1.54, 1.807) is 0 Å². The molecule has 1 aromatic rings. The molecule has 2 aliphatic rings. The molecule has 0 aliphatic carbocycles. The van der Waals surface area contributed by atoms with Crippen LogP contribution in [-0.4, -0.2) is 36.4 Å². The fraction of sp³-hybridized carbons (Fsp3) is 0.714. The van der Waals surface area contributed by atoms with E-state index in [4.69, 9.17) is 0 Å². The summed E-state index contributed by atoms with van der Waals surface area (Å²) in [6, 6.07) is 4.25. The summed E-state index contributed by atoms with van der Waals surface area (Å²) in [7, 11) is 0. The van der Waals surface area contributed by atoms with Gasteiger partial charge in [-0.05, 0) is 24.0 Å². The van der Waals surface area contributed by atoms with Gasteiger partial charge in [0, 0.05) is 31.6 Å². The highest BCUT2D eigenvalue weighted by molar-refractivity contribution is 5.85. The van der Waals surface area contributed by atoms with Gasteiger partial charge in [-0.1, -0.05) is 20.8 Å². The predicted molar refractivity (Wildman–Crippen MR) is 87.3 cm³/mol. The summed E-state index contributed by atoms with van der Waals surface area (Å²) in [6.45, 7) is 11.1. The number of halogens is 2. The lowest BCUT2D eigenvalue weighted by Crippen LogP contribution is -2.26. The average molecular weight is 319 g/mol. The third-order valence-electron chi connectivity index (χ3n) is 4.13. The highest BCUT2D eigenvalue weighted by atomic mass is 35.5. The molecule has 4 nitrogen and oxygen atoms in total. The van der Waals surface area contributed by atoms with Gasteiger partial charge in [0.15, 0.2) is 5.82 Å². The Kier molecular flexibility index (Phi) is 5.64. The monoisotopic (exact) mass is 318 g/mol. The third-order valence-corrected chi connectivity index (χ3v) is 4.13. The number of fused-ring (bicyclic) bond motifs is 1. The number of anilines is 1. The van der Waals surface area contributed by atoms with Gasteiger partial charge in [0.1, 0.15) is 0 Å². The summed E-state index contributed by atoms with van der Waals surface area (Å²) < 4.78 is 0. The molecule has 0 saturated carbocycles. The van der Waals surface area contributed by atoms with E-state index < -0.39 is 0 Å². The number of nitrogens with one attached hydrogen (secondary N) is 1. The zero-order valence-corrected chi connectivity index (χ0v) is 13.9. The van der Waals surface area contributed by atoms with Crippen LogP contribution in [0.4, 0.5) is 5.82 Å². The minimum atomic E-state index is 0. The summed E-state index contributed by atoms with van der Waals surface area (Å²) in [5.41, 5.74) is 1.14. The van der Waals surface area contributed by atoms with Crippen LogP contribution >= 0.6 is 24.8 Å². The molecule has 1 N–H and O–H groups in total. The largest absolute Gasteiger partial charge is 0.354 e. The standard InChI is InChI=1S/C14H22N4.2ClH/c1-14(2,3)12-4-5-13(17-16-12)18-8-10-6-15-7-11(10)9-18;;/h4-5,10-11,15H,6-9H2,1-3H3;2*1H. The van der Waals surface area contributed by atoms with Crippen molar-refractivity contribution in [1.82, 2.24) is 15.5 Å². The van der Waals surface area contributed by atoms with Crippen molar-refractivity contribution in [3.8, 4) is 0 Å². The van der Waals surface area contributed by atoms with Crippen molar-refractivity contribution in [3.63, 3.8) is 0 Å². The van der Waals surface area contributed by atoms with Gasteiger partial charge in [0.25, 0.3) is 0 Å². The molecular weight excluding hydrogens is 295 g/mol. The van der Waals surface area contributed by atoms with Crippen molar-refractivity contribution in [2.75, 3.05) is 31.1 Å². The molecule has 2 fully saturated rings. The van der Waals surface area contributed by atoms with Gasteiger partial charge in [-0.15, -0.1) is 29.9 Å². The number of aromatic nitrogens is 2. The average Bonchev–Trinajstić information content (AvgIpc) is 2.88. The SMILES string of the molecule is CC(C)(C)c1ccc(N2CC3CNCC3C2)nn1.Cl.Cl. The zero-order chi connectivity index (χ0) is 12.8. The summed E-state index contributed by atoms with van der Waals surface area (Å²) >= 11 is 0. The first-order valence-electron chi connectivity index (χ1n) is 6.84. The van der Waals surface area contributed by atoms with Gasteiger partial charge in [0.2, 0.25) is 0 Å². The lowest BCUT2D eigenvalue weighted by molar-refractivity contribution is 0.533. The molecule has 2 unspecified atom stereocenters. The highest BCUT2D eigenvalue weighted by Crippen LogP contribution is 2.29. The Labute approximate surface area is 133 Å². The van der Waals surface area contributed by atoms with Crippen LogP contribution in [0.5, 0.6) is 0 Å². The van der Waals surface area contributed by atoms with Crippen LogP contribution in [0.15, 0.2) is 12.1 Å². The first-order valence-corrected chi connectivity index (χ1v) is 6.84. The van der Waals surface area contributed by atoms with Crippen LogP contribution < -0.4 is 10.2 Å². The maximum Gasteiger partial charge on any atom is 0.151 e. The van der Waals surface area contributed by atoms with Gasteiger partial charge < -0.3 is 10.2 Å². The van der Waals surface area contributed by atoms with Gasteiger partial charge >= 0.3 is 0 Å². The van der Waals surface area contributed by atoms with Crippen molar-refractivity contribution in [2.45, 2.75) is 26.2 Å². The molecule has 0 radical (unpaired) electrons. The molecule has 2 aliphatic heterocycles. The van der Waals surface area contributed by atoms with E-state index in [0.717, 1.165) is 49.5 Å². The molecule has 20 heavy (non-hydrogen) atoms. The summed E-state index contributed by atoms with van der Waals surface area (Å²) in [5, 5.41) is 12.3. The Balaban J connectivity index is 0.000001000. The molecule has 0 amide bonds. The predicted octanol–water partition coefficient (Wildman–Crippen LogP) is 2.27. The van der Waals surface area contributed by atoms with E-state index >= 15 is 0 Å². The Morgan fingerprint density at radius 3 is 2.10 bits per heavy atom. The molecule has 6 heteroatoms. The molecule has 2 atom stereocenters. The van der Waals surface area contributed by atoms with Gasteiger partial charge in [-0.2, -0.15) is 5.10 Å². The molecule has 3 heterocycles. The topological polar surface area (TPSA) is 41.0 Å². The first kappa shape index (κ1) is 17.5. The van der Waals surface area contributed by atoms with E-state index in [2.05, 4.69) is 53.3 Å². The molecule has 2 saturated heterocycles. The van der Waals surface area contributed by atoms with E-state index in [-0.39, 0.29) is 30.2 Å². The van der Waals surface area contributed by atoms with E-state index in [1.165, 1.54) is 0 Å². The quantitative estimate of drug-likeness (QED) is 0.862. The molecular formula is C14H24Cl2N4. The van der Waals surface area contributed by atoms with Crippen molar-refractivity contribution >= 4 is 30.6 Å². The minimum absolute atomic E-state index is 0. The number of nitrogens with zero attached hydrogens (tertiary/aromatic N) is 3. The van der Waals surface area contributed by atoms with Crippen molar-refractivity contribution in [3.05, 3.63) is 17.8 Å². The second-order valence-corrected chi connectivity index (χ2v) is 6.61. The Hall–Kier alpha value is -0.580. The second-order valence-electron chi connectivity index (χ2n) is 6.61. The Morgan fingerprint density at radius 1 is 1.05 bits per heavy atom. The van der Waals surface area contributed by atoms with Crippen LogP contribution in [0.3, 0.4) is 0 Å². The normalized spacial score (nSPS) is 24.9. The molecule has 3 rings (SSSR count). The summed E-state index contributed by atoms with van der Waals surface area (Å²) in [4.78, 5) is 2.38. The zero-order valence-electron chi connectivity index (χ0n) is 12.3. The number of hydrogen-bond donors (Lipinski definition) is 1. The van der Waals surface area contributed by atoms with Gasteiger partial charge in [-0.25, -0.2) is 0 Å². The fourth-order valence-corrected chi connectivity index (χ4v) is 2.94. The van der Waals surface area contributed by atoms with Crippen LogP contribution in [0.25, 0.3) is 0 Å². The van der Waals surface area contributed by atoms with Gasteiger partial charge in [0.05, 0.1) is 5.69 Å². The smallest absolute Gasteiger partial charge is 0.151 e. The van der Waals surface area contributed by atoms with Crippen LogP contribution in [0.2, 0.25) is 0 Å². The summed E-state index contributed by atoms with van der Waals surface area (Å²) in [6.07, 6.45) is 0. The van der Waals surface area contributed by atoms with E-state index in [9.17, 15) is 0 Å². The van der Waals surface area contributed by atoms with Crippen molar-refractivity contribution in [1.29, 1.82) is 0 Å². The molecule has 0 aromatic carbocycles. The van der Waals surface area contributed by atoms with Crippen molar-refractivity contribution < 1.29 is 0 Å². The van der Waals surface area contributed by atoms with Crippen molar-refractivity contribution in [2.24, 2.45) is 11.8 Å². The third kappa shape index (κ3) is 3.35. The van der Waals surface area contributed by atoms with Gasteiger partial charge in [-0.3, -0.25) is 0 Å². The summed E-state index contributed by atoms with van der Waals surface area (Å²) in [5.74, 6) is 2.64.